The van der Waals surface area contributed by atoms with Crippen molar-refractivity contribution in [3.63, 3.8) is 0 Å². The first-order valence-corrected chi connectivity index (χ1v) is 16.7. The zero-order valence-electron chi connectivity index (χ0n) is 16.3. The molecular formula is C15H28F3NO4Si3. The van der Waals surface area contributed by atoms with Gasteiger partial charge in [-0.3, -0.25) is 4.98 Å². The number of hydrogen-bond donors (Lipinski definition) is 0. The summed E-state index contributed by atoms with van der Waals surface area (Å²) in [6.07, 6.45) is -2.89. The maximum absolute atomic E-state index is 12.7. The van der Waals surface area contributed by atoms with Crippen LogP contribution in [0.15, 0.2) is 24.5 Å². The third-order valence-electron chi connectivity index (χ3n) is 3.21. The number of halogens is 3. The Bertz CT molecular complexity index is 571. The van der Waals surface area contributed by atoms with Gasteiger partial charge in [0.15, 0.2) is 0 Å². The summed E-state index contributed by atoms with van der Waals surface area (Å²) in [4.78, 5) is 4.03. The number of aromatic nitrogens is 1. The average molecular weight is 428 g/mol. The molecule has 0 fully saturated rings. The quantitative estimate of drug-likeness (QED) is 0.535. The van der Waals surface area contributed by atoms with Crippen LogP contribution in [-0.4, -0.2) is 42.9 Å². The van der Waals surface area contributed by atoms with Crippen LogP contribution in [0.5, 0.6) is 0 Å². The van der Waals surface area contributed by atoms with Crippen LogP contribution in [0.2, 0.25) is 39.3 Å². The molecule has 5 nitrogen and oxygen atoms in total. The van der Waals surface area contributed by atoms with E-state index in [1.807, 2.05) is 25.2 Å². The maximum atomic E-state index is 12.7. The summed E-state index contributed by atoms with van der Waals surface area (Å²) in [6, 6.07) is 3.72. The molecule has 0 N–H and O–H groups in total. The van der Waals surface area contributed by atoms with E-state index in [2.05, 4.69) is 4.98 Å². The van der Waals surface area contributed by atoms with E-state index >= 15 is 0 Å². The van der Waals surface area contributed by atoms with Gasteiger partial charge in [-0.15, -0.1) is 0 Å². The molecule has 1 heterocycles. The highest BCUT2D eigenvalue weighted by Gasteiger charge is 2.46. The molecule has 1 rings (SSSR count). The summed E-state index contributed by atoms with van der Waals surface area (Å²) in [5, 5.41) is 0. The van der Waals surface area contributed by atoms with Crippen LogP contribution in [0.25, 0.3) is 0 Å². The van der Waals surface area contributed by atoms with E-state index < -0.39 is 38.0 Å². The molecule has 26 heavy (non-hydrogen) atoms. The molecule has 0 aromatic carbocycles. The van der Waals surface area contributed by atoms with Crippen LogP contribution >= 0.6 is 0 Å². The molecule has 1 atom stereocenters. The Hall–Kier alpha value is -0.569. The number of nitrogens with zero attached hydrogens (tertiary/aromatic N) is 1. The number of rotatable bonds is 9. The lowest BCUT2D eigenvalue weighted by Gasteiger charge is -2.38. The Labute approximate surface area is 156 Å². The summed E-state index contributed by atoms with van der Waals surface area (Å²) in [7, 11) is -8.32. The monoisotopic (exact) mass is 427 g/mol. The second kappa shape index (κ2) is 8.63. The Balaban J connectivity index is 2.65. The Morgan fingerprint density at radius 3 is 2.08 bits per heavy atom. The Morgan fingerprint density at radius 1 is 1.00 bits per heavy atom. The van der Waals surface area contributed by atoms with E-state index in [1.54, 1.807) is 38.6 Å². The minimum Gasteiger partial charge on any atom is -0.415 e. The number of alkyl halides is 3. The van der Waals surface area contributed by atoms with Crippen molar-refractivity contribution in [3.8, 4) is 0 Å². The van der Waals surface area contributed by atoms with Crippen molar-refractivity contribution in [3.05, 3.63) is 30.1 Å². The van der Waals surface area contributed by atoms with E-state index in [1.165, 1.54) is 0 Å². The normalized spacial score (nSPS) is 15.2. The largest absolute Gasteiger partial charge is 0.415 e. The standard InChI is InChI=1S/C15H28F3NO4Si3/c1-13(15(16,17)18)21-25(4,5)23-26(6,7)22-24(2,3)20-12-14-9-8-10-19-11-14/h8-11,13H,12H2,1-7H3. The lowest BCUT2D eigenvalue weighted by molar-refractivity contribution is -0.194. The van der Waals surface area contributed by atoms with E-state index in [0.29, 0.717) is 6.61 Å². The second-order valence-corrected chi connectivity index (χ2v) is 17.9. The van der Waals surface area contributed by atoms with Crippen molar-refractivity contribution >= 4 is 25.7 Å². The fourth-order valence-electron chi connectivity index (χ4n) is 2.49. The van der Waals surface area contributed by atoms with Gasteiger partial charge in [-0.2, -0.15) is 13.2 Å². The Morgan fingerprint density at radius 2 is 1.58 bits per heavy atom. The predicted molar refractivity (Wildman–Crippen MR) is 100 cm³/mol. The topological polar surface area (TPSA) is 49.8 Å². The molecule has 0 aliphatic rings. The molecule has 150 valence electrons. The van der Waals surface area contributed by atoms with E-state index in [0.717, 1.165) is 12.5 Å². The number of hydrogen-bond acceptors (Lipinski definition) is 5. The van der Waals surface area contributed by atoms with Gasteiger partial charge in [-0.1, -0.05) is 6.07 Å². The molecule has 0 saturated carbocycles. The van der Waals surface area contributed by atoms with E-state index in [4.69, 9.17) is 17.1 Å². The highest BCUT2D eigenvalue weighted by molar-refractivity contribution is 6.84. The van der Waals surface area contributed by atoms with Gasteiger partial charge < -0.3 is 17.1 Å². The smallest absolute Gasteiger partial charge is 0.413 e. The fraction of sp³-hybridized carbons (Fsp3) is 0.667. The maximum Gasteiger partial charge on any atom is 0.413 e. The Kier molecular flexibility index (Phi) is 7.79. The van der Waals surface area contributed by atoms with Crippen molar-refractivity contribution in [2.75, 3.05) is 0 Å². The van der Waals surface area contributed by atoms with Gasteiger partial charge in [0.1, 0.15) is 6.10 Å². The molecule has 1 aromatic rings. The lowest BCUT2D eigenvalue weighted by Crippen LogP contribution is -2.55. The highest BCUT2D eigenvalue weighted by Crippen LogP contribution is 2.28. The van der Waals surface area contributed by atoms with Gasteiger partial charge in [0.05, 0.1) is 6.61 Å². The van der Waals surface area contributed by atoms with Gasteiger partial charge in [0, 0.05) is 12.4 Å². The van der Waals surface area contributed by atoms with E-state index in [-0.39, 0.29) is 0 Å². The first-order valence-electron chi connectivity index (χ1n) is 8.30. The summed E-state index contributed by atoms with van der Waals surface area (Å²) < 4.78 is 61.5. The highest BCUT2D eigenvalue weighted by atomic mass is 28.5. The molecule has 1 aromatic heterocycles. The van der Waals surface area contributed by atoms with Gasteiger partial charge in [-0.25, -0.2) is 0 Å². The van der Waals surface area contributed by atoms with Crippen LogP contribution in [-0.2, 0) is 23.7 Å². The molecule has 0 bridgehead atoms. The first-order chi connectivity index (χ1) is 11.6. The summed E-state index contributed by atoms with van der Waals surface area (Å²) >= 11 is 0. The summed E-state index contributed by atoms with van der Waals surface area (Å²) in [5.74, 6) is 0. The average Bonchev–Trinajstić information content (AvgIpc) is 2.42. The van der Waals surface area contributed by atoms with Gasteiger partial charge in [0.25, 0.3) is 0 Å². The molecule has 0 radical (unpaired) electrons. The molecular weight excluding hydrogens is 399 g/mol. The molecule has 1 unspecified atom stereocenters. The fourth-order valence-corrected chi connectivity index (χ4v) is 14.4. The van der Waals surface area contributed by atoms with Gasteiger partial charge in [-0.05, 0) is 57.8 Å². The molecule has 0 spiro atoms. The second-order valence-electron chi connectivity index (χ2n) is 7.36. The van der Waals surface area contributed by atoms with Crippen molar-refractivity contribution in [1.82, 2.24) is 4.98 Å². The third kappa shape index (κ3) is 8.88. The van der Waals surface area contributed by atoms with E-state index in [9.17, 15) is 13.2 Å². The van der Waals surface area contributed by atoms with Crippen LogP contribution in [0.3, 0.4) is 0 Å². The summed E-state index contributed by atoms with van der Waals surface area (Å²) in [6.45, 7) is 11.9. The zero-order chi connectivity index (χ0) is 20.2. The molecule has 0 saturated heterocycles. The first kappa shape index (κ1) is 23.5. The third-order valence-corrected chi connectivity index (χ3v) is 12.8. The van der Waals surface area contributed by atoms with Crippen molar-refractivity contribution in [2.24, 2.45) is 0 Å². The minimum absolute atomic E-state index is 0.361. The van der Waals surface area contributed by atoms with Crippen molar-refractivity contribution < 1.29 is 30.3 Å². The van der Waals surface area contributed by atoms with Crippen LogP contribution in [0.4, 0.5) is 13.2 Å². The number of pyridine rings is 1. The van der Waals surface area contributed by atoms with Gasteiger partial charge >= 0.3 is 31.9 Å². The van der Waals surface area contributed by atoms with Crippen LogP contribution < -0.4 is 0 Å². The lowest BCUT2D eigenvalue weighted by atomic mass is 10.3. The van der Waals surface area contributed by atoms with Crippen LogP contribution in [0, 0.1) is 0 Å². The van der Waals surface area contributed by atoms with Gasteiger partial charge in [0.2, 0.25) is 0 Å². The minimum atomic E-state index is -4.42. The van der Waals surface area contributed by atoms with Crippen LogP contribution in [0.1, 0.15) is 12.5 Å². The van der Waals surface area contributed by atoms with Crippen molar-refractivity contribution in [2.45, 2.75) is 65.1 Å². The molecule has 11 heteroatoms. The predicted octanol–water partition coefficient (Wildman–Crippen LogP) is 4.70. The molecule has 0 aliphatic carbocycles. The summed E-state index contributed by atoms with van der Waals surface area (Å²) in [5.41, 5.74) is 0.925. The SMILES string of the molecule is CC(O[Si](C)(C)O[Si](C)(C)O[Si](C)(C)OCc1cccnc1)C(F)(F)F. The van der Waals surface area contributed by atoms with Crippen molar-refractivity contribution in [1.29, 1.82) is 0 Å². The zero-order valence-corrected chi connectivity index (χ0v) is 19.3. The molecule has 0 amide bonds. The molecule has 0 aliphatic heterocycles.